The van der Waals surface area contributed by atoms with E-state index in [-0.39, 0.29) is 12.0 Å². The molecule has 1 heterocycles. The van der Waals surface area contributed by atoms with Gasteiger partial charge in [-0.2, -0.15) is 0 Å². The molecule has 1 aliphatic carbocycles. The van der Waals surface area contributed by atoms with Crippen molar-refractivity contribution in [2.45, 2.75) is 90.0 Å². The SMILES string of the molecule is CC(C)(C)OC(=O)N1C2CCCCC21C(=O)OC(C)(C)C. The predicted molar refractivity (Wildman–Crippen MR) is 78.9 cm³/mol. The van der Waals surface area contributed by atoms with E-state index in [1.165, 1.54) is 0 Å². The van der Waals surface area contributed by atoms with E-state index in [0.717, 1.165) is 19.3 Å². The molecule has 21 heavy (non-hydrogen) atoms. The van der Waals surface area contributed by atoms with E-state index >= 15 is 0 Å². The van der Waals surface area contributed by atoms with Crippen LogP contribution in [0.1, 0.15) is 67.2 Å². The van der Waals surface area contributed by atoms with Gasteiger partial charge in [0.1, 0.15) is 11.2 Å². The summed E-state index contributed by atoms with van der Waals surface area (Å²) in [6, 6.07) is -0.0593. The summed E-state index contributed by atoms with van der Waals surface area (Å²) in [4.78, 5) is 26.5. The molecule has 0 bridgehead atoms. The minimum atomic E-state index is -0.784. The van der Waals surface area contributed by atoms with Gasteiger partial charge in [0.15, 0.2) is 5.54 Å². The minimum Gasteiger partial charge on any atom is -0.458 e. The summed E-state index contributed by atoms with van der Waals surface area (Å²) in [7, 11) is 0. The lowest BCUT2D eigenvalue weighted by molar-refractivity contribution is -0.160. The van der Waals surface area contributed by atoms with Crippen LogP contribution in [0.4, 0.5) is 4.79 Å². The monoisotopic (exact) mass is 297 g/mol. The number of rotatable bonds is 1. The van der Waals surface area contributed by atoms with Gasteiger partial charge in [-0.3, -0.25) is 4.90 Å². The Hall–Kier alpha value is -1.26. The molecular weight excluding hydrogens is 270 g/mol. The van der Waals surface area contributed by atoms with Gasteiger partial charge in [0.25, 0.3) is 0 Å². The summed E-state index contributed by atoms with van der Waals surface area (Å²) in [5.74, 6) is -0.287. The first kappa shape index (κ1) is 16.1. The lowest BCUT2D eigenvalue weighted by Crippen LogP contribution is -2.40. The maximum absolute atomic E-state index is 12.6. The first-order valence-electron chi connectivity index (χ1n) is 7.73. The molecule has 1 amide bonds. The molecule has 2 fully saturated rings. The highest BCUT2D eigenvalue weighted by molar-refractivity contribution is 5.93. The fraction of sp³-hybridized carbons (Fsp3) is 0.875. The van der Waals surface area contributed by atoms with Crippen LogP contribution in [-0.2, 0) is 14.3 Å². The number of fused-ring (bicyclic) bond motifs is 1. The zero-order valence-corrected chi connectivity index (χ0v) is 14.0. The standard InChI is InChI=1S/C16H27NO4/c1-14(2,3)20-12(18)16-10-8-7-9-11(16)17(16)13(19)21-15(4,5)6/h11H,7-10H2,1-6H3. The van der Waals surface area contributed by atoms with E-state index in [1.54, 1.807) is 4.90 Å². The number of likely N-dealkylation sites (tertiary alicyclic amines) is 1. The normalized spacial score (nSPS) is 28.7. The Balaban J connectivity index is 2.16. The van der Waals surface area contributed by atoms with Crippen LogP contribution in [0.25, 0.3) is 0 Å². The lowest BCUT2D eigenvalue weighted by atomic mass is 9.89. The fourth-order valence-electron chi connectivity index (χ4n) is 3.08. The van der Waals surface area contributed by atoms with Gasteiger partial charge in [-0.15, -0.1) is 0 Å². The third-order valence-corrected chi connectivity index (χ3v) is 3.85. The Bertz CT molecular complexity index is 446. The van der Waals surface area contributed by atoms with Crippen molar-refractivity contribution in [3.05, 3.63) is 0 Å². The number of carbonyl (C=O) groups excluding carboxylic acids is 2. The topological polar surface area (TPSA) is 55.6 Å². The fourth-order valence-corrected chi connectivity index (χ4v) is 3.08. The summed E-state index contributed by atoms with van der Waals surface area (Å²) in [5.41, 5.74) is -1.89. The third-order valence-electron chi connectivity index (χ3n) is 3.85. The number of ether oxygens (including phenoxy) is 2. The third kappa shape index (κ3) is 3.16. The molecule has 0 spiro atoms. The summed E-state index contributed by atoms with van der Waals surface area (Å²) < 4.78 is 11.0. The van der Waals surface area contributed by atoms with E-state index in [9.17, 15) is 9.59 Å². The van der Waals surface area contributed by atoms with E-state index in [1.807, 2.05) is 41.5 Å². The van der Waals surface area contributed by atoms with Crippen molar-refractivity contribution in [1.29, 1.82) is 0 Å². The van der Waals surface area contributed by atoms with Gasteiger partial charge in [0.2, 0.25) is 0 Å². The van der Waals surface area contributed by atoms with Crippen molar-refractivity contribution < 1.29 is 19.1 Å². The molecule has 1 saturated heterocycles. The van der Waals surface area contributed by atoms with Crippen LogP contribution in [0, 0.1) is 0 Å². The molecule has 1 aliphatic heterocycles. The van der Waals surface area contributed by atoms with Crippen molar-refractivity contribution in [3.8, 4) is 0 Å². The Morgan fingerprint density at radius 3 is 2.10 bits per heavy atom. The Morgan fingerprint density at radius 2 is 1.57 bits per heavy atom. The van der Waals surface area contributed by atoms with Crippen LogP contribution in [0.15, 0.2) is 0 Å². The molecule has 0 radical (unpaired) electrons. The summed E-state index contributed by atoms with van der Waals surface area (Å²) in [5, 5.41) is 0. The zero-order valence-electron chi connectivity index (χ0n) is 14.0. The van der Waals surface area contributed by atoms with E-state index < -0.39 is 22.8 Å². The van der Waals surface area contributed by atoms with Gasteiger partial charge in [-0.05, 0) is 54.4 Å². The average Bonchev–Trinajstić information content (AvgIpc) is 2.94. The Kier molecular flexibility index (Phi) is 3.75. The van der Waals surface area contributed by atoms with Crippen LogP contribution in [0.5, 0.6) is 0 Å². The molecule has 2 atom stereocenters. The smallest absolute Gasteiger partial charge is 0.411 e. The molecule has 5 heteroatoms. The maximum atomic E-state index is 12.6. The second kappa shape index (κ2) is 4.89. The summed E-state index contributed by atoms with van der Waals surface area (Å²) in [6.07, 6.45) is 3.09. The van der Waals surface area contributed by atoms with Crippen LogP contribution < -0.4 is 0 Å². The number of nitrogens with zero attached hydrogens (tertiary/aromatic N) is 1. The van der Waals surface area contributed by atoms with Gasteiger partial charge in [-0.25, -0.2) is 9.59 Å². The minimum absolute atomic E-state index is 0.0593. The van der Waals surface area contributed by atoms with Gasteiger partial charge in [0, 0.05) is 0 Å². The van der Waals surface area contributed by atoms with E-state index in [2.05, 4.69) is 0 Å². The molecule has 0 aromatic heterocycles. The number of hydrogen-bond donors (Lipinski definition) is 0. The molecule has 0 N–H and O–H groups in total. The highest BCUT2D eigenvalue weighted by Crippen LogP contribution is 2.53. The average molecular weight is 297 g/mol. The van der Waals surface area contributed by atoms with Gasteiger partial charge >= 0.3 is 12.1 Å². The molecule has 5 nitrogen and oxygen atoms in total. The summed E-state index contributed by atoms with van der Waals surface area (Å²) >= 11 is 0. The summed E-state index contributed by atoms with van der Waals surface area (Å²) in [6.45, 7) is 11.0. The Labute approximate surface area is 127 Å². The van der Waals surface area contributed by atoms with Gasteiger partial charge in [0.05, 0.1) is 6.04 Å². The quantitative estimate of drug-likeness (QED) is 0.550. The van der Waals surface area contributed by atoms with Crippen LogP contribution in [0.2, 0.25) is 0 Å². The number of carbonyl (C=O) groups is 2. The van der Waals surface area contributed by atoms with Crippen molar-refractivity contribution in [1.82, 2.24) is 4.90 Å². The highest BCUT2D eigenvalue weighted by Gasteiger charge is 2.72. The molecule has 2 rings (SSSR count). The first-order chi connectivity index (χ1) is 9.47. The first-order valence-corrected chi connectivity index (χ1v) is 7.73. The zero-order chi connectivity index (χ0) is 16.1. The van der Waals surface area contributed by atoms with Crippen molar-refractivity contribution in [2.24, 2.45) is 0 Å². The van der Waals surface area contributed by atoms with E-state index in [0.29, 0.717) is 6.42 Å². The molecule has 0 aromatic rings. The van der Waals surface area contributed by atoms with Gasteiger partial charge in [-0.1, -0.05) is 12.8 Å². The molecular formula is C16H27NO4. The second-order valence-corrected chi connectivity index (χ2v) is 8.04. The number of amides is 1. The van der Waals surface area contributed by atoms with Crippen LogP contribution in [0.3, 0.4) is 0 Å². The maximum Gasteiger partial charge on any atom is 0.411 e. The van der Waals surface area contributed by atoms with Crippen molar-refractivity contribution >= 4 is 12.1 Å². The number of hydrogen-bond acceptors (Lipinski definition) is 4. The van der Waals surface area contributed by atoms with E-state index in [4.69, 9.17) is 9.47 Å². The molecule has 2 unspecified atom stereocenters. The van der Waals surface area contributed by atoms with Crippen molar-refractivity contribution in [3.63, 3.8) is 0 Å². The van der Waals surface area contributed by atoms with Crippen LogP contribution >= 0.6 is 0 Å². The molecule has 1 saturated carbocycles. The lowest BCUT2D eigenvalue weighted by Gasteiger charge is -2.26. The van der Waals surface area contributed by atoms with Crippen molar-refractivity contribution in [2.75, 3.05) is 0 Å². The van der Waals surface area contributed by atoms with Crippen LogP contribution in [-0.4, -0.2) is 39.7 Å². The Morgan fingerprint density at radius 1 is 1.00 bits per heavy atom. The highest BCUT2D eigenvalue weighted by atomic mass is 16.6. The number of esters is 1. The van der Waals surface area contributed by atoms with Gasteiger partial charge < -0.3 is 9.47 Å². The predicted octanol–water partition coefficient (Wildman–Crippen LogP) is 3.26. The molecule has 0 aromatic carbocycles. The second-order valence-electron chi connectivity index (χ2n) is 8.04. The molecule has 2 aliphatic rings. The molecule has 120 valence electrons. The largest absolute Gasteiger partial charge is 0.458 e.